The van der Waals surface area contributed by atoms with E-state index in [1.54, 1.807) is 0 Å². The molecule has 0 saturated carbocycles. The topological polar surface area (TPSA) is 184 Å². The number of H-pyrrole nitrogens is 3. The summed E-state index contributed by atoms with van der Waals surface area (Å²) in [6, 6.07) is 4.18. The van der Waals surface area contributed by atoms with E-state index < -0.39 is 5.97 Å². The van der Waals surface area contributed by atoms with Crippen LogP contribution in [0.25, 0.3) is 0 Å². The van der Waals surface area contributed by atoms with Gasteiger partial charge in [-0.25, -0.2) is 0 Å². The van der Waals surface area contributed by atoms with Crippen molar-refractivity contribution in [2.45, 2.75) is 128 Å². The molecule has 0 amide bonds. The van der Waals surface area contributed by atoms with Crippen molar-refractivity contribution in [1.29, 1.82) is 0 Å². The summed E-state index contributed by atoms with van der Waals surface area (Å²) in [6.07, 6.45) is 16.6. The number of halogens is 1. The summed E-state index contributed by atoms with van der Waals surface area (Å²) in [5, 5.41) is 20.5. The molecule has 4 heterocycles. The smallest absolute Gasteiger partial charge is 0.311 e. The molecule has 12 heteroatoms. The van der Waals surface area contributed by atoms with Gasteiger partial charge in [0.15, 0.2) is 0 Å². The second kappa shape index (κ2) is 15.5. The molecule has 0 bridgehead atoms. The molecule has 4 aliphatic carbocycles. The number of hydrogen-bond donors (Lipinski definition) is 6. The van der Waals surface area contributed by atoms with Gasteiger partial charge < -0.3 is 26.5 Å². The van der Waals surface area contributed by atoms with Crippen LogP contribution in [-0.2, 0) is 56.2 Å². The van der Waals surface area contributed by atoms with Gasteiger partial charge in [-0.15, -0.1) is 12.4 Å². The molecule has 0 spiro atoms. The Balaban J connectivity index is 0.000000153. The van der Waals surface area contributed by atoms with Gasteiger partial charge in [0, 0.05) is 39.6 Å². The van der Waals surface area contributed by atoms with Crippen molar-refractivity contribution in [2.75, 3.05) is 11.5 Å². The number of aryl methyl sites for hydroxylation is 6. The number of anilines is 2. The summed E-state index contributed by atoms with van der Waals surface area (Å²) in [6.45, 7) is 4.21. The van der Waals surface area contributed by atoms with E-state index in [1.165, 1.54) is 40.2 Å². The molecule has 4 aromatic rings. The summed E-state index contributed by atoms with van der Waals surface area (Å²) in [7, 11) is 0. The molecule has 0 saturated heterocycles. The molecule has 2 atom stereocenters. The number of carbonyl (C=O) groups excluding carboxylic acids is 1. The van der Waals surface area contributed by atoms with Crippen LogP contribution in [0.4, 0.5) is 11.6 Å². The number of nitrogens with zero attached hydrogens (tertiary/aromatic N) is 3. The van der Waals surface area contributed by atoms with Crippen LogP contribution in [0.15, 0.2) is 12.1 Å². The van der Waals surface area contributed by atoms with E-state index in [1.807, 2.05) is 6.07 Å². The predicted molar refractivity (Wildman–Crippen MR) is 190 cm³/mol. The average Bonchev–Trinajstić information content (AvgIpc) is 3.89. The highest BCUT2D eigenvalue weighted by molar-refractivity contribution is 5.88. The Morgan fingerprint density at radius 1 is 0.792 bits per heavy atom. The number of carboxylic acid groups (broad SMARTS) is 1. The molecule has 4 aromatic heterocycles. The molecular weight excluding hydrogens is 628 g/mol. The summed E-state index contributed by atoms with van der Waals surface area (Å²) in [5.74, 6) is 0.235. The predicted octanol–water partition coefficient (Wildman–Crippen LogP) is 6.37. The van der Waals surface area contributed by atoms with Crippen LogP contribution >= 0.6 is 12.4 Å². The maximum atomic E-state index is 13.1. The molecule has 0 fully saturated rings. The number of nitrogens with two attached hydrogens (primary N) is 2. The molecule has 8 N–H and O–H groups in total. The fraction of sp³-hybridized carbons (Fsp3) is 0.556. The average molecular weight is 679 g/mol. The molecular formula is C36H51ClN8O3. The van der Waals surface area contributed by atoms with E-state index in [2.05, 4.69) is 45.2 Å². The Morgan fingerprint density at radius 3 is 1.92 bits per heavy atom. The number of carbonyl (C=O) groups is 2. The highest BCUT2D eigenvalue weighted by Gasteiger charge is 2.32. The number of fused-ring (bicyclic) bond motifs is 4. The number of nitrogen functional groups attached to an aromatic ring is 2. The summed E-state index contributed by atoms with van der Waals surface area (Å²) in [4.78, 5) is 30.9. The SMILES string of the molecule is CCc1cc2c([nH]1)CCCC2C(=O)O.CCc1cc2c([nH]1)CCCC2C(=O)n1nc2c(c1N)CCCC2.Cl.Nc1n[nH]c2c1CCCC2. The normalized spacial score (nSPS) is 19.1. The zero-order valence-electron chi connectivity index (χ0n) is 28.3. The van der Waals surface area contributed by atoms with Crippen molar-refractivity contribution in [3.8, 4) is 0 Å². The lowest BCUT2D eigenvalue weighted by Crippen LogP contribution is -2.25. The van der Waals surface area contributed by atoms with E-state index in [9.17, 15) is 9.59 Å². The maximum Gasteiger partial charge on any atom is 0.311 e. The molecule has 260 valence electrons. The van der Waals surface area contributed by atoms with E-state index in [4.69, 9.17) is 16.6 Å². The Bertz CT molecular complexity index is 1730. The summed E-state index contributed by atoms with van der Waals surface area (Å²) < 4.78 is 1.49. The second-order valence-corrected chi connectivity index (χ2v) is 13.4. The van der Waals surface area contributed by atoms with Gasteiger partial charge in [0.1, 0.15) is 11.6 Å². The van der Waals surface area contributed by atoms with Gasteiger partial charge >= 0.3 is 5.97 Å². The minimum absolute atomic E-state index is 0. The summed E-state index contributed by atoms with van der Waals surface area (Å²) >= 11 is 0. The highest BCUT2D eigenvalue weighted by Crippen LogP contribution is 2.36. The monoisotopic (exact) mass is 678 g/mol. The van der Waals surface area contributed by atoms with E-state index in [0.717, 1.165) is 124 Å². The number of aliphatic carboxylic acids is 1. The third-order valence-electron chi connectivity index (χ3n) is 10.4. The van der Waals surface area contributed by atoms with E-state index >= 15 is 0 Å². The third kappa shape index (κ3) is 7.21. The molecule has 0 aromatic carbocycles. The largest absolute Gasteiger partial charge is 0.481 e. The van der Waals surface area contributed by atoms with Gasteiger partial charge in [0.25, 0.3) is 5.91 Å². The van der Waals surface area contributed by atoms with Crippen molar-refractivity contribution in [2.24, 2.45) is 0 Å². The molecule has 48 heavy (non-hydrogen) atoms. The van der Waals surface area contributed by atoms with Crippen molar-refractivity contribution in [1.82, 2.24) is 29.9 Å². The van der Waals surface area contributed by atoms with Gasteiger partial charge in [-0.05, 0) is 126 Å². The second-order valence-electron chi connectivity index (χ2n) is 13.4. The summed E-state index contributed by atoms with van der Waals surface area (Å²) in [5.41, 5.74) is 23.4. The minimum Gasteiger partial charge on any atom is -0.481 e. The van der Waals surface area contributed by atoms with Crippen molar-refractivity contribution >= 4 is 35.9 Å². The molecule has 0 radical (unpaired) electrons. The van der Waals surface area contributed by atoms with E-state index in [0.29, 0.717) is 11.6 Å². The zero-order valence-corrected chi connectivity index (χ0v) is 29.1. The van der Waals surface area contributed by atoms with Gasteiger partial charge in [0.05, 0.1) is 17.5 Å². The first kappa shape index (κ1) is 35.3. The first-order chi connectivity index (χ1) is 22.8. The Morgan fingerprint density at radius 2 is 1.33 bits per heavy atom. The van der Waals surface area contributed by atoms with Crippen molar-refractivity contribution in [3.05, 3.63) is 68.6 Å². The Labute approximate surface area is 288 Å². The molecule has 2 unspecified atom stereocenters. The molecule has 0 aliphatic heterocycles. The van der Waals surface area contributed by atoms with Crippen LogP contribution in [0.2, 0.25) is 0 Å². The van der Waals surface area contributed by atoms with Crippen LogP contribution in [-0.4, -0.2) is 46.9 Å². The Kier molecular flexibility index (Phi) is 11.4. The fourth-order valence-corrected chi connectivity index (χ4v) is 7.76. The third-order valence-corrected chi connectivity index (χ3v) is 10.4. The first-order valence-corrected chi connectivity index (χ1v) is 17.6. The standard InChI is InChI=1S/C18H24N4O.C11H15NO2.C7H11N3.ClH/c1-2-11-10-14-12(7-5-9-15(14)20-11)18(23)22-17(19)13-6-3-4-8-16(13)21-22;1-2-7-6-9-8(11(13)14)4-3-5-10(9)12-7;8-7-5-3-1-2-4-6(5)9-10-7;/h10,12,20H,2-9,19H2,1H3;6,8,12H,2-5H2,1H3,(H,13,14);1-4H2,(H3,8,9,10);1H. The van der Waals surface area contributed by atoms with Gasteiger partial charge in [-0.3, -0.25) is 14.7 Å². The maximum absolute atomic E-state index is 13.1. The van der Waals surface area contributed by atoms with Crippen LogP contribution in [0.5, 0.6) is 0 Å². The van der Waals surface area contributed by atoms with Crippen LogP contribution in [0, 0.1) is 0 Å². The lowest BCUT2D eigenvalue weighted by Gasteiger charge is -2.21. The number of nitrogens with one attached hydrogen (secondary N) is 3. The number of aromatic amines is 3. The Hall–Kier alpha value is -3.99. The molecule has 11 nitrogen and oxygen atoms in total. The van der Waals surface area contributed by atoms with Crippen molar-refractivity contribution in [3.63, 3.8) is 0 Å². The lowest BCUT2D eigenvalue weighted by atomic mass is 9.86. The van der Waals surface area contributed by atoms with Crippen LogP contribution < -0.4 is 11.5 Å². The van der Waals surface area contributed by atoms with Gasteiger partial charge in [-0.2, -0.15) is 14.9 Å². The quantitative estimate of drug-likeness (QED) is 0.145. The number of hydrogen-bond acceptors (Lipinski definition) is 6. The highest BCUT2D eigenvalue weighted by atomic mass is 35.5. The fourth-order valence-electron chi connectivity index (χ4n) is 7.76. The van der Waals surface area contributed by atoms with Crippen LogP contribution in [0.3, 0.4) is 0 Å². The molecule has 4 aliphatic rings. The number of carboxylic acids is 1. The number of rotatable bonds is 4. The molecule has 8 rings (SSSR count). The van der Waals surface area contributed by atoms with Crippen molar-refractivity contribution < 1.29 is 14.7 Å². The van der Waals surface area contributed by atoms with E-state index in [-0.39, 0.29) is 30.2 Å². The first-order valence-electron chi connectivity index (χ1n) is 17.6. The zero-order chi connectivity index (χ0) is 33.1. The minimum atomic E-state index is -0.687. The van der Waals surface area contributed by atoms with Gasteiger partial charge in [-0.1, -0.05) is 13.8 Å². The van der Waals surface area contributed by atoms with Crippen LogP contribution in [0.1, 0.15) is 138 Å². The van der Waals surface area contributed by atoms with Gasteiger partial charge in [0.2, 0.25) is 0 Å². The number of aromatic nitrogens is 6. The lowest BCUT2D eigenvalue weighted by molar-refractivity contribution is -0.139.